The van der Waals surface area contributed by atoms with Crippen LogP contribution in [0.1, 0.15) is 5.56 Å². The predicted molar refractivity (Wildman–Crippen MR) is 82.0 cm³/mol. The molecular formula is C15H15N3O3S. The van der Waals surface area contributed by atoms with Gasteiger partial charge in [-0.3, -0.25) is 5.01 Å². The van der Waals surface area contributed by atoms with Gasteiger partial charge in [-0.1, -0.05) is 35.9 Å². The van der Waals surface area contributed by atoms with E-state index in [0.29, 0.717) is 6.54 Å². The second kappa shape index (κ2) is 5.34. The summed E-state index contributed by atoms with van der Waals surface area (Å²) in [4.78, 5) is 11.9. The second-order valence-electron chi connectivity index (χ2n) is 5.12. The van der Waals surface area contributed by atoms with Crippen LogP contribution >= 0.6 is 0 Å². The summed E-state index contributed by atoms with van der Waals surface area (Å²) < 4.78 is 26.2. The van der Waals surface area contributed by atoms with Crippen molar-refractivity contribution in [1.82, 2.24) is 15.2 Å². The van der Waals surface area contributed by atoms with Crippen LogP contribution in [0.5, 0.6) is 0 Å². The van der Waals surface area contributed by atoms with Crippen molar-refractivity contribution in [3.8, 4) is 0 Å². The van der Waals surface area contributed by atoms with Crippen molar-refractivity contribution in [2.45, 2.75) is 11.8 Å². The minimum Gasteiger partial charge on any atom is -0.286 e. The molecule has 1 aromatic rings. The highest BCUT2D eigenvalue weighted by Crippen LogP contribution is 2.24. The van der Waals surface area contributed by atoms with Crippen LogP contribution in [0.25, 0.3) is 0 Å². The van der Waals surface area contributed by atoms with E-state index in [1.807, 2.05) is 29.9 Å². The standard InChI is InChI=1S/C15H15N3O3S/c1-11-5-7-14(8-6-11)22(20,21)17-15(19)16-18-9-12-3-2-4-13(12)10-18/h2-9H,10H2,1H3,(H2,16,17,19). The van der Waals surface area contributed by atoms with Gasteiger partial charge in [0.15, 0.2) is 0 Å². The Morgan fingerprint density at radius 3 is 2.64 bits per heavy atom. The lowest BCUT2D eigenvalue weighted by atomic mass is 10.2. The van der Waals surface area contributed by atoms with Crippen LogP contribution in [0, 0.1) is 6.92 Å². The van der Waals surface area contributed by atoms with E-state index in [4.69, 9.17) is 0 Å². The highest BCUT2D eigenvalue weighted by Gasteiger charge is 2.22. The average molecular weight is 317 g/mol. The summed E-state index contributed by atoms with van der Waals surface area (Å²) in [5.74, 6) is 0. The van der Waals surface area contributed by atoms with E-state index in [0.717, 1.165) is 16.7 Å². The molecule has 3 rings (SSSR count). The molecular weight excluding hydrogens is 302 g/mol. The number of carbonyl (C=O) groups is 1. The van der Waals surface area contributed by atoms with Crippen molar-refractivity contribution in [1.29, 1.82) is 0 Å². The van der Waals surface area contributed by atoms with Gasteiger partial charge in [-0.2, -0.15) is 0 Å². The number of amides is 2. The number of fused-ring (bicyclic) bond motifs is 1. The molecule has 0 saturated carbocycles. The summed E-state index contributed by atoms with van der Waals surface area (Å²) in [6, 6.07) is 5.49. The van der Waals surface area contributed by atoms with E-state index in [1.165, 1.54) is 12.1 Å². The summed E-state index contributed by atoms with van der Waals surface area (Å²) in [7, 11) is -3.87. The van der Waals surface area contributed by atoms with Crippen LogP contribution in [0.15, 0.2) is 64.7 Å². The minimum absolute atomic E-state index is 0.0514. The number of allylic oxidation sites excluding steroid dienone is 3. The van der Waals surface area contributed by atoms with E-state index in [-0.39, 0.29) is 4.90 Å². The molecule has 1 aromatic carbocycles. The predicted octanol–water partition coefficient (Wildman–Crippen LogP) is 1.59. The number of hydrogen-bond acceptors (Lipinski definition) is 4. The molecule has 6 nitrogen and oxygen atoms in total. The first-order chi connectivity index (χ1) is 10.4. The van der Waals surface area contributed by atoms with Crippen molar-refractivity contribution < 1.29 is 13.2 Å². The lowest BCUT2D eigenvalue weighted by Gasteiger charge is -2.17. The van der Waals surface area contributed by atoms with E-state index in [1.54, 1.807) is 23.3 Å². The molecule has 0 saturated heterocycles. The number of aryl methyl sites for hydroxylation is 1. The fraction of sp³-hybridized carbons (Fsp3) is 0.133. The summed E-state index contributed by atoms with van der Waals surface area (Å²) in [5.41, 5.74) is 5.54. The van der Waals surface area contributed by atoms with Gasteiger partial charge in [-0.15, -0.1) is 0 Å². The third-order valence-electron chi connectivity index (χ3n) is 3.38. The maximum Gasteiger partial charge on any atom is 0.347 e. The zero-order chi connectivity index (χ0) is 15.7. The first kappa shape index (κ1) is 14.4. The van der Waals surface area contributed by atoms with Crippen molar-refractivity contribution in [3.05, 3.63) is 65.4 Å². The number of nitrogens with zero attached hydrogens (tertiary/aromatic N) is 1. The molecule has 1 heterocycles. The van der Waals surface area contributed by atoms with E-state index in [2.05, 4.69) is 5.43 Å². The second-order valence-corrected chi connectivity index (χ2v) is 6.81. The maximum absolute atomic E-state index is 12.1. The number of sulfonamides is 1. The topological polar surface area (TPSA) is 78.5 Å². The SMILES string of the molecule is Cc1ccc(S(=O)(=O)NC(=O)NN2C=C3C=CC=C3C2)cc1. The molecule has 22 heavy (non-hydrogen) atoms. The van der Waals surface area contributed by atoms with Crippen LogP contribution in [-0.4, -0.2) is 26.0 Å². The van der Waals surface area contributed by atoms with Gasteiger partial charge in [-0.05, 0) is 30.2 Å². The Hall–Kier alpha value is -2.54. The number of hydrazine groups is 1. The Bertz CT molecular complexity index is 805. The third-order valence-corrected chi connectivity index (χ3v) is 4.73. The van der Waals surface area contributed by atoms with Gasteiger partial charge >= 0.3 is 6.03 Å². The van der Waals surface area contributed by atoms with Crippen LogP contribution < -0.4 is 10.1 Å². The van der Waals surface area contributed by atoms with E-state index < -0.39 is 16.1 Å². The summed E-state index contributed by atoms with van der Waals surface area (Å²) in [5, 5.41) is 1.55. The summed E-state index contributed by atoms with van der Waals surface area (Å²) in [6.07, 6.45) is 7.57. The molecule has 0 bridgehead atoms. The number of carbonyl (C=O) groups excluding carboxylic acids is 1. The molecule has 1 aliphatic heterocycles. The Kier molecular flexibility index (Phi) is 3.50. The minimum atomic E-state index is -3.87. The van der Waals surface area contributed by atoms with Crippen LogP contribution in [0.2, 0.25) is 0 Å². The Morgan fingerprint density at radius 1 is 1.23 bits per heavy atom. The fourth-order valence-electron chi connectivity index (χ4n) is 2.26. The van der Waals surface area contributed by atoms with Crippen molar-refractivity contribution >= 4 is 16.1 Å². The maximum atomic E-state index is 12.1. The number of nitrogens with one attached hydrogen (secondary N) is 2. The third kappa shape index (κ3) is 2.89. The number of rotatable bonds is 3. The molecule has 114 valence electrons. The zero-order valence-electron chi connectivity index (χ0n) is 11.9. The molecule has 7 heteroatoms. The van der Waals surface area contributed by atoms with Crippen molar-refractivity contribution in [2.24, 2.45) is 0 Å². The smallest absolute Gasteiger partial charge is 0.286 e. The van der Waals surface area contributed by atoms with Gasteiger partial charge in [0, 0.05) is 6.20 Å². The molecule has 0 unspecified atom stereocenters. The number of urea groups is 1. The normalized spacial score (nSPS) is 16.1. The summed E-state index contributed by atoms with van der Waals surface area (Å²) in [6.45, 7) is 2.37. The summed E-state index contributed by atoms with van der Waals surface area (Å²) >= 11 is 0. The molecule has 2 amide bonds. The molecule has 0 spiro atoms. The van der Waals surface area contributed by atoms with Crippen LogP contribution in [0.4, 0.5) is 4.79 Å². The van der Waals surface area contributed by atoms with Crippen LogP contribution in [0.3, 0.4) is 0 Å². The van der Waals surface area contributed by atoms with Gasteiger partial charge < -0.3 is 0 Å². The fourth-order valence-corrected chi connectivity index (χ4v) is 3.16. The molecule has 0 fully saturated rings. The lowest BCUT2D eigenvalue weighted by molar-refractivity contribution is 0.220. The first-order valence-corrected chi connectivity index (χ1v) is 8.18. The molecule has 0 radical (unpaired) electrons. The quantitative estimate of drug-likeness (QED) is 0.887. The van der Waals surface area contributed by atoms with Crippen LogP contribution in [-0.2, 0) is 10.0 Å². The zero-order valence-corrected chi connectivity index (χ0v) is 12.7. The van der Waals surface area contributed by atoms with Gasteiger partial charge in [-0.25, -0.2) is 23.4 Å². The van der Waals surface area contributed by atoms with E-state index >= 15 is 0 Å². The lowest BCUT2D eigenvalue weighted by Crippen LogP contribution is -2.46. The monoisotopic (exact) mass is 317 g/mol. The highest BCUT2D eigenvalue weighted by molar-refractivity contribution is 7.90. The Morgan fingerprint density at radius 2 is 1.95 bits per heavy atom. The molecule has 0 atom stereocenters. The first-order valence-electron chi connectivity index (χ1n) is 6.70. The molecule has 1 aliphatic carbocycles. The van der Waals surface area contributed by atoms with Gasteiger partial charge in [0.1, 0.15) is 0 Å². The highest BCUT2D eigenvalue weighted by atomic mass is 32.2. The number of benzene rings is 1. The average Bonchev–Trinajstić information content (AvgIpc) is 2.99. The molecule has 2 N–H and O–H groups in total. The Balaban J connectivity index is 1.64. The largest absolute Gasteiger partial charge is 0.347 e. The Labute approximate surface area is 128 Å². The molecule has 0 aromatic heterocycles. The molecule has 2 aliphatic rings. The van der Waals surface area contributed by atoms with Gasteiger partial charge in [0.05, 0.1) is 11.4 Å². The number of hydrogen-bond donors (Lipinski definition) is 2. The van der Waals surface area contributed by atoms with Crippen molar-refractivity contribution in [2.75, 3.05) is 6.54 Å². The van der Waals surface area contributed by atoms with Gasteiger partial charge in [0.2, 0.25) is 0 Å². The van der Waals surface area contributed by atoms with Crippen molar-refractivity contribution in [3.63, 3.8) is 0 Å². The van der Waals surface area contributed by atoms with E-state index in [9.17, 15) is 13.2 Å². The van der Waals surface area contributed by atoms with Gasteiger partial charge in [0.25, 0.3) is 10.0 Å².